The number of nitrogens with zero attached hydrogens (tertiary/aromatic N) is 1. The number of rotatable bonds is 5. The summed E-state index contributed by atoms with van der Waals surface area (Å²) in [6, 6.07) is 5.23. The van der Waals surface area contributed by atoms with Gasteiger partial charge in [0, 0.05) is 18.5 Å². The second kappa shape index (κ2) is 5.69. The second-order valence-electron chi connectivity index (χ2n) is 4.44. The minimum absolute atomic E-state index is 0.0308. The SMILES string of the molecule is C=CCN1C(=O)COc2ccc(C(=O)CCC)cc21. The van der Waals surface area contributed by atoms with Gasteiger partial charge in [0.05, 0.1) is 5.69 Å². The average molecular weight is 259 g/mol. The van der Waals surface area contributed by atoms with Crippen LogP contribution in [0.15, 0.2) is 30.9 Å². The van der Waals surface area contributed by atoms with Crippen LogP contribution in [0, 0.1) is 0 Å². The maximum absolute atomic E-state index is 11.9. The van der Waals surface area contributed by atoms with Crippen LogP contribution in [0.5, 0.6) is 5.75 Å². The second-order valence-corrected chi connectivity index (χ2v) is 4.44. The molecule has 0 saturated heterocycles. The van der Waals surface area contributed by atoms with Gasteiger partial charge in [0.15, 0.2) is 12.4 Å². The van der Waals surface area contributed by atoms with Gasteiger partial charge in [0.1, 0.15) is 5.75 Å². The van der Waals surface area contributed by atoms with Gasteiger partial charge in [-0.05, 0) is 24.6 Å². The molecule has 100 valence electrons. The van der Waals surface area contributed by atoms with Crippen LogP contribution >= 0.6 is 0 Å². The molecule has 4 heteroatoms. The molecule has 1 amide bonds. The van der Waals surface area contributed by atoms with Gasteiger partial charge in [-0.2, -0.15) is 0 Å². The number of ketones is 1. The zero-order valence-electron chi connectivity index (χ0n) is 11.0. The third-order valence-corrected chi connectivity index (χ3v) is 3.01. The highest BCUT2D eigenvalue weighted by Crippen LogP contribution is 2.33. The summed E-state index contributed by atoms with van der Waals surface area (Å²) in [5, 5.41) is 0. The van der Waals surface area contributed by atoms with Crippen LogP contribution in [0.4, 0.5) is 5.69 Å². The Hall–Kier alpha value is -2.10. The van der Waals surface area contributed by atoms with E-state index in [-0.39, 0.29) is 18.3 Å². The molecular formula is C15H17NO3. The normalized spacial score (nSPS) is 13.7. The van der Waals surface area contributed by atoms with E-state index < -0.39 is 0 Å². The molecule has 0 saturated carbocycles. The first-order chi connectivity index (χ1) is 9.17. The minimum Gasteiger partial charge on any atom is -0.482 e. The number of anilines is 1. The van der Waals surface area contributed by atoms with Crippen molar-refractivity contribution in [3.8, 4) is 5.75 Å². The van der Waals surface area contributed by atoms with Gasteiger partial charge < -0.3 is 9.64 Å². The third-order valence-electron chi connectivity index (χ3n) is 3.01. The molecule has 0 radical (unpaired) electrons. The summed E-state index contributed by atoms with van der Waals surface area (Å²) >= 11 is 0. The monoisotopic (exact) mass is 259 g/mol. The molecule has 4 nitrogen and oxygen atoms in total. The molecule has 19 heavy (non-hydrogen) atoms. The Morgan fingerprint density at radius 1 is 1.53 bits per heavy atom. The van der Waals surface area contributed by atoms with Crippen molar-refractivity contribution >= 4 is 17.4 Å². The van der Waals surface area contributed by atoms with Gasteiger partial charge in [-0.1, -0.05) is 13.0 Å². The van der Waals surface area contributed by atoms with Crippen LogP contribution in [0.3, 0.4) is 0 Å². The molecule has 1 aliphatic rings. The first kappa shape index (κ1) is 13.3. The fourth-order valence-corrected chi connectivity index (χ4v) is 2.08. The number of amides is 1. The van der Waals surface area contributed by atoms with Crippen molar-refractivity contribution in [1.82, 2.24) is 0 Å². The predicted molar refractivity (Wildman–Crippen MR) is 73.7 cm³/mol. The molecule has 0 unspecified atom stereocenters. The summed E-state index contributed by atoms with van der Waals surface area (Å²) in [6.07, 6.45) is 2.98. The molecule has 2 rings (SSSR count). The summed E-state index contributed by atoms with van der Waals surface area (Å²) in [5.41, 5.74) is 1.27. The summed E-state index contributed by atoms with van der Waals surface area (Å²) < 4.78 is 5.37. The van der Waals surface area contributed by atoms with Gasteiger partial charge >= 0.3 is 0 Å². The van der Waals surface area contributed by atoms with Crippen LogP contribution in [0.25, 0.3) is 0 Å². The van der Waals surface area contributed by atoms with Crippen molar-refractivity contribution < 1.29 is 14.3 Å². The van der Waals surface area contributed by atoms with Gasteiger partial charge in [-0.15, -0.1) is 6.58 Å². The fraction of sp³-hybridized carbons (Fsp3) is 0.333. The van der Waals surface area contributed by atoms with E-state index in [2.05, 4.69) is 6.58 Å². The Bertz CT molecular complexity index is 522. The summed E-state index contributed by atoms with van der Waals surface area (Å²) in [6.45, 7) is 6.06. The van der Waals surface area contributed by atoms with E-state index >= 15 is 0 Å². The summed E-state index contributed by atoms with van der Waals surface area (Å²) in [4.78, 5) is 25.3. The average Bonchev–Trinajstić information content (AvgIpc) is 2.42. The molecule has 1 heterocycles. The maximum Gasteiger partial charge on any atom is 0.265 e. The summed E-state index contributed by atoms with van der Waals surface area (Å²) in [7, 11) is 0. The van der Waals surface area contributed by atoms with Crippen LogP contribution in [-0.4, -0.2) is 24.8 Å². The van der Waals surface area contributed by atoms with E-state index in [4.69, 9.17) is 4.74 Å². The number of carbonyl (C=O) groups is 2. The van der Waals surface area contributed by atoms with Crippen LogP contribution in [0.2, 0.25) is 0 Å². The van der Waals surface area contributed by atoms with Crippen molar-refractivity contribution in [1.29, 1.82) is 0 Å². The van der Waals surface area contributed by atoms with Gasteiger partial charge in [-0.25, -0.2) is 0 Å². The molecule has 1 aromatic rings. The highest BCUT2D eigenvalue weighted by atomic mass is 16.5. The number of Topliss-reactive ketones (excluding diaryl/α,β-unsaturated/α-hetero) is 1. The highest BCUT2D eigenvalue weighted by Gasteiger charge is 2.25. The zero-order chi connectivity index (χ0) is 13.8. The molecule has 1 aliphatic heterocycles. The molecule has 0 spiro atoms. The maximum atomic E-state index is 11.9. The Labute approximate surface area is 112 Å². The van der Waals surface area contributed by atoms with E-state index in [1.807, 2.05) is 6.92 Å². The van der Waals surface area contributed by atoms with Crippen LogP contribution < -0.4 is 9.64 Å². The Kier molecular flexibility index (Phi) is 4.00. The Morgan fingerprint density at radius 2 is 2.32 bits per heavy atom. The lowest BCUT2D eigenvalue weighted by molar-refractivity contribution is -0.121. The zero-order valence-corrected chi connectivity index (χ0v) is 11.0. The number of hydrogen-bond donors (Lipinski definition) is 0. The van der Waals surface area contributed by atoms with E-state index in [9.17, 15) is 9.59 Å². The van der Waals surface area contributed by atoms with E-state index in [1.165, 1.54) is 0 Å². The summed E-state index contributed by atoms with van der Waals surface area (Å²) in [5.74, 6) is 0.601. The highest BCUT2D eigenvalue weighted by molar-refractivity contribution is 6.02. The molecule has 0 N–H and O–H groups in total. The lowest BCUT2D eigenvalue weighted by Gasteiger charge is -2.28. The lowest BCUT2D eigenvalue weighted by atomic mass is 10.0. The van der Waals surface area contributed by atoms with Gasteiger partial charge in [0.2, 0.25) is 0 Å². The van der Waals surface area contributed by atoms with Crippen molar-refractivity contribution in [2.75, 3.05) is 18.1 Å². The van der Waals surface area contributed by atoms with E-state index in [0.29, 0.717) is 30.0 Å². The lowest BCUT2D eigenvalue weighted by Crippen LogP contribution is -2.38. The number of benzene rings is 1. The first-order valence-corrected chi connectivity index (χ1v) is 6.38. The molecule has 0 fully saturated rings. The number of hydrogen-bond acceptors (Lipinski definition) is 3. The third kappa shape index (κ3) is 2.67. The Morgan fingerprint density at radius 3 is 3.00 bits per heavy atom. The molecule has 1 aromatic carbocycles. The number of carbonyl (C=O) groups excluding carboxylic acids is 2. The Balaban J connectivity index is 2.38. The van der Waals surface area contributed by atoms with Crippen molar-refractivity contribution in [3.05, 3.63) is 36.4 Å². The molecular weight excluding hydrogens is 242 g/mol. The largest absolute Gasteiger partial charge is 0.482 e. The van der Waals surface area contributed by atoms with E-state index in [1.54, 1.807) is 29.2 Å². The molecule has 0 bridgehead atoms. The first-order valence-electron chi connectivity index (χ1n) is 6.38. The van der Waals surface area contributed by atoms with Gasteiger partial charge in [0.25, 0.3) is 5.91 Å². The number of fused-ring (bicyclic) bond motifs is 1. The smallest absolute Gasteiger partial charge is 0.265 e. The topological polar surface area (TPSA) is 46.6 Å². The van der Waals surface area contributed by atoms with Gasteiger partial charge in [-0.3, -0.25) is 9.59 Å². The standard InChI is InChI=1S/C15H17NO3/c1-3-5-13(17)11-6-7-14-12(9-11)16(8-4-2)15(18)10-19-14/h4,6-7,9H,2-3,5,8,10H2,1H3. The molecule has 0 aliphatic carbocycles. The van der Waals surface area contributed by atoms with Crippen molar-refractivity contribution in [2.24, 2.45) is 0 Å². The fourth-order valence-electron chi connectivity index (χ4n) is 2.08. The minimum atomic E-state index is -0.118. The molecule has 0 aromatic heterocycles. The predicted octanol–water partition coefficient (Wildman–Crippen LogP) is 2.58. The van der Waals surface area contributed by atoms with E-state index in [0.717, 1.165) is 6.42 Å². The number of ether oxygens (including phenoxy) is 1. The quantitative estimate of drug-likeness (QED) is 0.603. The van der Waals surface area contributed by atoms with Crippen molar-refractivity contribution in [3.63, 3.8) is 0 Å². The van der Waals surface area contributed by atoms with Crippen LogP contribution in [0.1, 0.15) is 30.1 Å². The van der Waals surface area contributed by atoms with Crippen molar-refractivity contribution in [2.45, 2.75) is 19.8 Å². The molecule has 0 atom stereocenters. The van der Waals surface area contributed by atoms with Crippen LogP contribution in [-0.2, 0) is 4.79 Å².